The first-order valence-corrected chi connectivity index (χ1v) is 8.67. The van der Waals surface area contributed by atoms with Crippen LogP contribution in [-0.4, -0.2) is 42.5 Å². The number of rotatable bonds is 6. The van der Waals surface area contributed by atoms with E-state index in [9.17, 15) is 14.0 Å². The summed E-state index contributed by atoms with van der Waals surface area (Å²) in [7, 11) is 0. The summed E-state index contributed by atoms with van der Waals surface area (Å²) in [5.74, 6) is -0.492. The van der Waals surface area contributed by atoms with Crippen molar-refractivity contribution in [2.75, 3.05) is 19.6 Å². The second kappa shape index (κ2) is 7.99. The van der Waals surface area contributed by atoms with E-state index in [-0.39, 0.29) is 23.8 Å². The topological polar surface area (TPSA) is 61.4 Å². The van der Waals surface area contributed by atoms with Gasteiger partial charge in [-0.2, -0.15) is 0 Å². The highest BCUT2D eigenvalue weighted by atomic mass is 19.1. The molecular formula is C20H22FN3O2. The molecular weight excluding hydrogens is 333 g/mol. The molecule has 26 heavy (non-hydrogen) atoms. The Balaban J connectivity index is 1.71. The molecule has 1 aliphatic heterocycles. The molecule has 1 aliphatic rings. The fraction of sp³-hybridized carbons (Fsp3) is 0.300. The van der Waals surface area contributed by atoms with Gasteiger partial charge in [0.15, 0.2) is 0 Å². The molecule has 0 aromatic heterocycles. The minimum Gasteiger partial charge on any atom is -0.350 e. The van der Waals surface area contributed by atoms with E-state index in [4.69, 9.17) is 0 Å². The van der Waals surface area contributed by atoms with Gasteiger partial charge < -0.3 is 15.5 Å². The van der Waals surface area contributed by atoms with Crippen molar-refractivity contribution in [3.8, 4) is 0 Å². The summed E-state index contributed by atoms with van der Waals surface area (Å²) in [6.45, 7) is 3.37. The van der Waals surface area contributed by atoms with Gasteiger partial charge in [0.25, 0.3) is 5.91 Å². The molecule has 0 radical (unpaired) electrons. The molecule has 0 aliphatic carbocycles. The second-order valence-corrected chi connectivity index (χ2v) is 6.49. The minimum absolute atomic E-state index is 0.156. The van der Waals surface area contributed by atoms with Gasteiger partial charge in [-0.05, 0) is 43.2 Å². The number of hydrogen-bond donors (Lipinski definition) is 2. The van der Waals surface area contributed by atoms with Gasteiger partial charge >= 0.3 is 6.03 Å². The van der Waals surface area contributed by atoms with Gasteiger partial charge in [-0.1, -0.05) is 29.8 Å². The summed E-state index contributed by atoms with van der Waals surface area (Å²) in [6, 6.07) is 13.3. The Morgan fingerprint density at radius 3 is 2.77 bits per heavy atom. The van der Waals surface area contributed by atoms with Crippen LogP contribution in [0.25, 0.3) is 0 Å². The number of hydrogen-bond acceptors (Lipinski definition) is 2. The fourth-order valence-electron chi connectivity index (χ4n) is 3.16. The number of carbonyl (C=O) groups excluding carboxylic acids is 2. The molecule has 2 aromatic carbocycles. The zero-order chi connectivity index (χ0) is 18.5. The van der Waals surface area contributed by atoms with Crippen LogP contribution >= 0.6 is 0 Å². The summed E-state index contributed by atoms with van der Waals surface area (Å²) in [5, 5.41) is 5.68. The van der Waals surface area contributed by atoms with Crippen LogP contribution < -0.4 is 10.6 Å². The monoisotopic (exact) mass is 355 g/mol. The molecule has 1 fully saturated rings. The molecule has 0 spiro atoms. The second-order valence-electron chi connectivity index (χ2n) is 6.49. The predicted octanol–water partition coefficient (Wildman–Crippen LogP) is 2.50. The van der Waals surface area contributed by atoms with Gasteiger partial charge in [0.1, 0.15) is 5.82 Å². The number of halogens is 1. The van der Waals surface area contributed by atoms with Crippen LogP contribution in [0.2, 0.25) is 0 Å². The van der Waals surface area contributed by atoms with Crippen LogP contribution in [0.1, 0.15) is 21.5 Å². The number of nitrogens with one attached hydrogen (secondary N) is 2. The van der Waals surface area contributed by atoms with Crippen molar-refractivity contribution >= 4 is 11.9 Å². The maximum absolute atomic E-state index is 13.5. The Bertz CT molecular complexity index is 809. The van der Waals surface area contributed by atoms with E-state index in [0.29, 0.717) is 31.6 Å². The number of benzene rings is 2. The lowest BCUT2D eigenvalue weighted by Gasteiger charge is -2.27. The molecule has 1 heterocycles. The first-order valence-electron chi connectivity index (χ1n) is 8.67. The maximum atomic E-state index is 13.5. The number of aryl methyl sites for hydroxylation is 1. The van der Waals surface area contributed by atoms with Crippen LogP contribution in [0, 0.1) is 12.7 Å². The summed E-state index contributed by atoms with van der Waals surface area (Å²) in [5.41, 5.74) is 2.38. The Kier molecular flexibility index (Phi) is 5.51. The van der Waals surface area contributed by atoms with E-state index < -0.39 is 0 Å². The lowest BCUT2D eigenvalue weighted by atomic mass is 10.0. The minimum atomic E-state index is -0.309. The molecule has 6 heteroatoms. The molecule has 0 unspecified atom stereocenters. The Labute approximate surface area is 152 Å². The van der Waals surface area contributed by atoms with Crippen LogP contribution in [0.3, 0.4) is 0 Å². The lowest BCUT2D eigenvalue weighted by Crippen LogP contribution is -2.46. The van der Waals surface area contributed by atoms with E-state index >= 15 is 0 Å². The van der Waals surface area contributed by atoms with Gasteiger partial charge in [-0.25, -0.2) is 9.18 Å². The Morgan fingerprint density at radius 2 is 2.08 bits per heavy atom. The summed E-state index contributed by atoms with van der Waals surface area (Å²) < 4.78 is 13.5. The van der Waals surface area contributed by atoms with Gasteiger partial charge in [0.05, 0.1) is 6.04 Å². The normalized spacial score (nSPS) is 14.8. The molecule has 2 N–H and O–H groups in total. The van der Waals surface area contributed by atoms with E-state index in [1.54, 1.807) is 17.0 Å². The van der Waals surface area contributed by atoms with Gasteiger partial charge in [0.2, 0.25) is 0 Å². The standard InChI is InChI=1S/C20H22FN3O2/c1-14-4-2-6-16(10-14)19(25)23-13-18(24-9-8-22-20(24)26)12-15-5-3-7-17(21)11-15/h2-7,10-11,18H,8-9,12-13H2,1H3,(H,22,26)(H,23,25)/t18-/m0/s1. The van der Waals surface area contributed by atoms with Crippen molar-refractivity contribution in [1.82, 2.24) is 15.5 Å². The highest BCUT2D eigenvalue weighted by Gasteiger charge is 2.28. The molecule has 0 saturated carbocycles. The number of nitrogens with zero attached hydrogens (tertiary/aromatic N) is 1. The zero-order valence-electron chi connectivity index (χ0n) is 14.7. The molecule has 3 amide bonds. The summed E-state index contributed by atoms with van der Waals surface area (Å²) in [6.07, 6.45) is 0.472. The van der Waals surface area contributed by atoms with Crippen LogP contribution in [-0.2, 0) is 6.42 Å². The molecule has 1 atom stereocenters. The molecule has 1 saturated heterocycles. The van der Waals surface area contributed by atoms with Crippen LogP contribution in [0.4, 0.5) is 9.18 Å². The van der Waals surface area contributed by atoms with E-state index in [2.05, 4.69) is 10.6 Å². The SMILES string of the molecule is Cc1cccc(C(=O)NC[C@H](Cc2cccc(F)c2)N2CCNC2=O)c1. The first kappa shape index (κ1) is 17.9. The Hall–Kier alpha value is -2.89. The van der Waals surface area contributed by atoms with E-state index in [1.165, 1.54) is 12.1 Å². The van der Waals surface area contributed by atoms with E-state index in [1.807, 2.05) is 31.2 Å². The Morgan fingerprint density at radius 1 is 1.27 bits per heavy atom. The van der Waals surface area contributed by atoms with Crippen molar-refractivity contribution in [1.29, 1.82) is 0 Å². The smallest absolute Gasteiger partial charge is 0.317 e. The van der Waals surface area contributed by atoms with Crippen molar-refractivity contribution in [2.24, 2.45) is 0 Å². The van der Waals surface area contributed by atoms with Crippen molar-refractivity contribution < 1.29 is 14.0 Å². The quantitative estimate of drug-likeness (QED) is 0.836. The molecule has 3 rings (SSSR count). The fourth-order valence-corrected chi connectivity index (χ4v) is 3.16. The lowest BCUT2D eigenvalue weighted by molar-refractivity contribution is 0.0940. The average Bonchev–Trinajstić information content (AvgIpc) is 3.04. The third-order valence-corrected chi connectivity index (χ3v) is 4.47. The van der Waals surface area contributed by atoms with Crippen LogP contribution in [0.5, 0.6) is 0 Å². The largest absolute Gasteiger partial charge is 0.350 e. The summed E-state index contributed by atoms with van der Waals surface area (Å²) in [4.78, 5) is 26.2. The van der Waals surface area contributed by atoms with Gasteiger partial charge in [0, 0.05) is 25.2 Å². The highest BCUT2D eigenvalue weighted by molar-refractivity contribution is 5.94. The van der Waals surface area contributed by atoms with Gasteiger partial charge in [-0.3, -0.25) is 4.79 Å². The predicted molar refractivity (Wildman–Crippen MR) is 97.5 cm³/mol. The van der Waals surface area contributed by atoms with E-state index in [0.717, 1.165) is 11.1 Å². The zero-order valence-corrected chi connectivity index (χ0v) is 14.7. The number of carbonyl (C=O) groups is 2. The molecule has 2 aromatic rings. The molecule has 0 bridgehead atoms. The maximum Gasteiger partial charge on any atom is 0.317 e. The molecule has 136 valence electrons. The van der Waals surface area contributed by atoms with Crippen molar-refractivity contribution in [3.63, 3.8) is 0 Å². The number of amides is 3. The van der Waals surface area contributed by atoms with Crippen molar-refractivity contribution in [3.05, 3.63) is 71.0 Å². The summed E-state index contributed by atoms with van der Waals surface area (Å²) >= 11 is 0. The van der Waals surface area contributed by atoms with Crippen LogP contribution in [0.15, 0.2) is 48.5 Å². The first-order chi connectivity index (χ1) is 12.5. The van der Waals surface area contributed by atoms with Gasteiger partial charge in [-0.15, -0.1) is 0 Å². The third-order valence-electron chi connectivity index (χ3n) is 4.47. The average molecular weight is 355 g/mol. The molecule has 5 nitrogen and oxygen atoms in total. The highest BCUT2D eigenvalue weighted by Crippen LogP contribution is 2.13. The number of urea groups is 1. The van der Waals surface area contributed by atoms with Crippen molar-refractivity contribution in [2.45, 2.75) is 19.4 Å². The third kappa shape index (κ3) is 4.39.